The second kappa shape index (κ2) is 9.18. The van der Waals surface area contributed by atoms with Crippen molar-refractivity contribution in [2.45, 2.75) is 45.6 Å². The minimum Gasteiger partial charge on any atom is -0.493 e. The molecule has 0 aliphatic carbocycles. The quantitative estimate of drug-likeness (QED) is 0.509. The first-order valence-electron chi connectivity index (χ1n) is 10.6. The van der Waals surface area contributed by atoms with Crippen LogP contribution in [0.5, 0.6) is 11.5 Å². The third kappa shape index (κ3) is 4.49. The highest BCUT2D eigenvalue weighted by atomic mass is 19.3. The summed E-state index contributed by atoms with van der Waals surface area (Å²) < 4.78 is 43.5. The number of likely N-dealkylation sites (tertiary alicyclic amines) is 1. The van der Waals surface area contributed by atoms with Crippen molar-refractivity contribution < 1.29 is 22.8 Å². The predicted molar refractivity (Wildman–Crippen MR) is 113 cm³/mol. The summed E-state index contributed by atoms with van der Waals surface area (Å²) in [7, 11) is 1.64. The summed E-state index contributed by atoms with van der Waals surface area (Å²) in [6, 6.07) is 7.54. The van der Waals surface area contributed by atoms with Gasteiger partial charge < -0.3 is 14.0 Å². The molecule has 4 rings (SSSR count). The van der Waals surface area contributed by atoms with E-state index in [-0.39, 0.29) is 17.2 Å². The molecule has 0 spiro atoms. The fourth-order valence-corrected chi connectivity index (χ4v) is 4.26. The molecule has 1 fully saturated rings. The topological polar surface area (TPSA) is 60.6 Å². The number of piperidine rings is 1. The van der Waals surface area contributed by atoms with E-state index in [1.165, 1.54) is 6.07 Å². The lowest BCUT2D eigenvalue weighted by molar-refractivity contribution is 0.152. The van der Waals surface area contributed by atoms with Crippen molar-refractivity contribution in [3.8, 4) is 11.5 Å². The van der Waals surface area contributed by atoms with Crippen molar-refractivity contribution >= 4 is 11.1 Å². The molecule has 166 valence electrons. The molecule has 0 saturated carbocycles. The smallest absolute Gasteiger partial charge is 0.264 e. The Morgan fingerprint density at radius 3 is 2.65 bits per heavy atom. The lowest BCUT2D eigenvalue weighted by atomic mass is 9.91. The van der Waals surface area contributed by atoms with Gasteiger partial charge in [0, 0.05) is 23.7 Å². The van der Waals surface area contributed by atoms with Gasteiger partial charge in [-0.15, -0.1) is 0 Å². The summed E-state index contributed by atoms with van der Waals surface area (Å²) >= 11 is 0. The lowest BCUT2D eigenvalue weighted by Gasteiger charge is -2.32. The number of hydrogen-bond acceptors (Lipinski definition) is 6. The van der Waals surface area contributed by atoms with Gasteiger partial charge in [0.15, 0.2) is 11.5 Å². The summed E-state index contributed by atoms with van der Waals surface area (Å²) in [4.78, 5) is 6.87. The van der Waals surface area contributed by atoms with Crippen LogP contribution in [-0.2, 0) is 6.54 Å². The van der Waals surface area contributed by atoms with Crippen LogP contribution in [-0.4, -0.2) is 41.8 Å². The highest BCUT2D eigenvalue weighted by molar-refractivity contribution is 5.80. The zero-order valence-electron chi connectivity index (χ0n) is 18.0. The van der Waals surface area contributed by atoms with Crippen LogP contribution in [0.3, 0.4) is 0 Å². The maximum Gasteiger partial charge on any atom is 0.264 e. The fraction of sp³-hybridized carbons (Fsp3) is 0.478. The maximum atomic E-state index is 13.6. The Kier molecular flexibility index (Phi) is 6.36. The molecule has 0 radical (unpaired) electrons. The van der Waals surface area contributed by atoms with E-state index in [2.05, 4.69) is 21.1 Å². The van der Waals surface area contributed by atoms with Gasteiger partial charge in [0.05, 0.1) is 24.8 Å². The molecule has 0 unspecified atom stereocenters. The van der Waals surface area contributed by atoms with Crippen LogP contribution in [0.1, 0.15) is 54.6 Å². The van der Waals surface area contributed by atoms with Crippen LogP contribution in [0, 0.1) is 6.92 Å². The molecule has 0 bridgehead atoms. The van der Waals surface area contributed by atoms with Gasteiger partial charge in [-0.3, -0.25) is 4.90 Å². The molecule has 1 saturated heterocycles. The average molecular weight is 431 g/mol. The zero-order chi connectivity index (χ0) is 22.0. The van der Waals surface area contributed by atoms with Gasteiger partial charge in [-0.2, -0.15) is 0 Å². The van der Waals surface area contributed by atoms with Crippen molar-refractivity contribution in [3.05, 3.63) is 46.8 Å². The number of fused-ring (bicyclic) bond motifs is 1. The zero-order valence-corrected chi connectivity index (χ0v) is 18.0. The molecule has 3 heterocycles. The van der Waals surface area contributed by atoms with Crippen LogP contribution in [0.2, 0.25) is 0 Å². The van der Waals surface area contributed by atoms with Crippen LogP contribution < -0.4 is 9.47 Å². The molecule has 0 atom stereocenters. The number of aryl methyl sites for hydroxylation is 1. The number of benzene rings is 1. The maximum absolute atomic E-state index is 13.6. The Hall–Kier alpha value is -2.74. The third-order valence-corrected chi connectivity index (χ3v) is 5.84. The number of nitrogens with zero attached hydrogens (tertiary/aromatic N) is 3. The third-order valence-electron chi connectivity index (χ3n) is 5.84. The monoisotopic (exact) mass is 431 g/mol. The van der Waals surface area contributed by atoms with Gasteiger partial charge in [-0.05, 0) is 63.5 Å². The predicted octanol–water partition coefficient (Wildman–Crippen LogP) is 5.26. The van der Waals surface area contributed by atoms with Crippen molar-refractivity contribution in [3.63, 3.8) is 0 Å². The van der Waals surface area contributed by atoms with Crippen LogP contribution in [0.15, 0.2) is 28.8 Å². The van der Waals surface area contributed by atoms with Gasteiger partial charge in [0.1, 0.15) is 0 Å². The number of hydrogen-bond donors (Lipinski definition) is 0. The molecule has 6 nitrogen and oxygen atoms in total. The molecule has 0 N–H and O–H groups in total. The summed E-state index contributed by atoms with van der Waals surface area (Å²) in [6.45, 7) is 6.71. The number of pyridine rings is 1. The van der Waals surface area contributed by atoms with Crippen molar-refractivity contribution in [1.82, 2.24) is 15.0 Å². The molecular formula is C23H27F2N3O3. The highest BCUT2D eigenvalue weighted by Crippen LogP contribution is 2.35. The molecule has 0 amide bonds. The Bertz CT molecular complexity index is 1050. The first-order chi connectivity index (χ1) is 15.0. The summed E-state index contributed by atoms with van der Waals surface area (Å²) in [5.74, 6) is 1.60. The SMILES string of the molecule is CCOc1ccc(CN2CCC(c3cc(C(F)F)c4c(C)noc4n3)CC2)cc1OC. The van der Waals surface area contributed by atoms with Gasteiger partial charge in [0.25, 0.3) is 12.1 Å². The molecule has 1 aliphatic heterocycles. The molecule has 1 aromatic carbocycles. The second-order valence-corrected chi connectivity index (χ2v) is 7.85. The molecular weight excluding hydrogens is 404 g/mol. The molecule has 3 aromatic rings. The summed E-state index contributed by atoms with van der Waals surface area (Å²) in [5.41, 5.74) is 2.43. The van der Waals surface area contributed by atoms with E-state index in [4.69, 9.17) is 14.0 Å². The van der Waals surface area contributed by atoms with Crippen molar-refractivity contribution in [1.29, 1.82) is 0 Å². The minimum absolute atomic E-state index is 0.0392. The van der Waals surface area contributed by atoms with E-state index in [1.54, 1.807) is 14.0 Å². The number of aromatic nitrogens is 2. The van der Waals surface area contributed by atoms with E-state index in [1.807, 2.05) is 19.1 Å². The molecule has 1 aliphatic rings. The lowest BCUT2D eigenvalue weighted by Crippen LogP contribution is -2.32. The average Bonchev–Trinajstić information content (AvgIpc) is 3.15. The van der Waals surface area contributed by atoms with E-state index < -0.39 is 6.43 Å². The Morgan fingerprint density at radius 1 is 1.19 bits per heavy atom. The molecule has 2 aromatic heterocycles. The van der Waals surface area contributed by atoms with Gasteiger partial charge in [-0.1, -0.05) is 11.2 Å². The van der Waals surface area contributed by atoms with Crippen LogP contribution in [0.4, 0.5) is 8.78 Å². The van der Waals surface area contributed by atoms with Crippen molar-refractivity contribution in [2.24, 2.45) is 0 Å². The standard InChI is InChI=1S/C23H27F2N3O3/c1-4-30-19-6-5-15(11-20(19)29-3)13-28-9-7-16(8-10-28)18-12-17(22(24)25)21-14(2)27-31-23(21)26-18/h5-6,11-12,16,22H,4,7-10,13H2,1-3H3. The van der Waals surface area contributed by atoms with Gasteiger partial charge in [-0.25, -0.2) is 13.8 Å². The Labute approximate surface area is 180 Å². The largest absolute Gasteiger partial charge is 0.493 e. The van der Waals surface area contributed by atoms with E-state index >= 15 is 0 Å². The number of halogens is 2. The van der Waals surface area contributed by atoms with Crippen LogP contribution in [0.25, 0.3) is 11.1 Å². The summed E-state index contributed by atoms with van der Waals surface area (Å²) in [5, 5.41) is 4.15. The normalized spacial score (nSPS) is 15.7. The Balaban J connectivity index is 1.44. The fourth-order valence-electron chi connectivity index (χ4n) is 4.26. The van der Waals surface area contributed by atoms with Crippen molar-refractivity contribution in [2.75, 3.05) is 26.8 Å². The second-order valence-electron chi connectivity index (χ2n) is 7.85. The Morgan fingerprint density at radius 2 is 1.97 bits per heavy atom. The van der Waals surface area contributed by atoms with Gasteiger partial charge >= 0.3 is 0 Å². The molecule has 31 heavy (non-hydrogen) atoms. The number of rotatable bonds is 7. The molecule has 8 heteroatoms. The van der Waals surface area contributed by atoms with Gasteiger partial charge in [0.2, 0.25) is 0 Å². The van der Waals surface area contributed by atoms with E-state index in [0.717, 1.165) is 49.5 Å². The minimum atomic E-state index is -2.59. The first kappa shape index (κ1) is 21.5. The number of alkyl halides is 2. The summed E-state index contributed by atoms with van der Waals surface area (Å²) in [6.07, 6.45) is -0.887. The number of ether oxygens (including phenoxy) is 2. The van der Waals surface area contributed by atoms with E-state index in [0.29, 0.717) is 23.4 Å². The van der Waals surface area contributed by atoms with E-state index in [9.17, 15) is 8.78 Å². The number of methoxy groups -OCH3 is 1. The first-order valence-corrected chi connectivity index (χ1v) is 10.6. The van der Waals surface area contributed by atoms with Crippen LogP contribution >= 0.6 is 0 Å². The highest BCUT2D eigenvalue weighted by Gasteiger charge is 2.26.